The molecule has 0 spiro atoms. The molecule has 7 nitrogen and oxygen atoms in total. The summed E-state index contributed by atoms with van der Waals surface area (Å²) < 4.78 is 19.0. The largest absolute Gasteiger partial charge is 0.465 e. The van der Waals surface area contributed by atoms with E-state index in [2.05, 4.69) is 15.3 Å². The molecule has 0 aliphatic carbocycles. The quantitative estimate of drug-likeness (QED) is 0.630. The second-order valence-electron chi connectivity index (χ2n) is 5.42. The lowest BCUT2D eigenvalue weighted by molar-refractivity contribution is 0.102. The molecule has 0 unspecified atom stereocenters. The number of aliphatic imine (C=N–C) groups is 1. The van der Waals surface area contributed by atoms with Crippen molar-refractivity contribution in [2.24, 2.45) is 10.7 Å². The summed E-state index contributed by atoms with van der Waals surface area (Å²) in [5, 5.41) is 11.5. The van der Waals surface area contributed by atoms with Crippen LogP contribution >= 0.6 is 0 Å². The predicted molar refractivity (Wildman–Crippen MR) is 95.2 cm³/mol. The lowest BCUT2D eigenvalue weighted by Crippen LogP contribution is -2.18. The molecular weight excluding hydrogens is 337 g/mol. The van der Waals surface area contributed by atoms with E-state index in [9.17, 15) is 9.18 Å². The zero-order chi connectivity index (χ0) is 19.1. The highest BCUT2D eigenvalue weighted by atomic mass is 19.1. The highest BCUT2D eigenvalue weighted by Gasteiger charge is 2.13. The summed E-state index contributed by atoms with van der Waals surface area (Å²) in [5.41, 5.74) is 7.36. The molecule has 2 aromatic rings. The average Bonchev–Trinajstić information content (AvgIpc) is 2.63. The first-order valence-corrected chi connectivity index (χ1v) is 7.76. The number of anilines is 1. The molecule has 0 aliphatic heterocycles. The van der Waals surface area contributed by atoms with Gasteiger partial charge in [-0.1, -0.05) is 0 Å². The molecule has 26 heavy (non-hydrogen) atoms. The molecule has 0 aliphatic rings. The number of nitrogens with one attached hydrogen (secondary N) is 1. The number of hydrogen-bond donors (Lipinski definition) is 2. The second-order valence-corrected chi connectivity index (χ2v) is 5.42. The Morgan fingerprint density at radius 3 is 2.88 bits per heavy atom. The van der Waals surface area contributed by atoms with Gasteiger partial charge < -0.3 is 15.8 Å². The van der Waals surface area contributed by atoms with Crippen LogP contribution in [0, 0.1) is 24.1 Å². The number of amidine groups is 1. The van der Waals surface area contributed by atoms with Crippen LogP contribution in [-0.4, -0.2) is 30.6 Å². The van der Waals surface area contributed by atoms with Crippen LogP contribution in [0.15, 0.2) is 35.5 Å². The van der Waals surface area contributed by atoms with Gasteiger partial charge in [-0.25, -0.2) is 14.4 Å². The standard InChI is InChI=1S/C18H18FN5O2/c1-11-7-12(9-20)10-23-16(11)17(25)24-14-3-4-15(19)13(8-14)5-6-26-18(21)22-2/h3-4,7-8,10H,5-6H2,1-2H3,(H2,21,22)(H,24,25). The third kappa shape index (κ3) is 4.77. The minimum atomic E-state index is -0.442. The predicted octanol–water partition coefficient (Wildman–Crippen LogP) is 2.16. The van der Waals surface area contributed by atoms with Crippen LogP contribution in [0.5, 0.6) is 0 Å². The number of hydrogen-bond acceptors (Lipinski definition) is 5. The first-order chi connectivity index (χ1) is 12.4. The van der Waals surface area contributed by atoms with E-state index in [1.807, 2.05) is 6.07 Å². The smallest absolute Gasteiger partial charge is 0.281 e. The second kappa shape index (κ2) is 8.58. The summed E-state index contributed by atoms with van der Waals surface area (Å²) in [6.45, 7) is 1.85. The molecule has 0 saturated carbocycles. The number of aryl methyl sites for hydroxylation is 1. The molecule has 2 rings (SSSR count). The highest BCUT2D eigenvalue weighted by molar-refractivity contribution is 6.03. The Kier molecular flexibility index (Phi) is 6.22. The average molecular weight is 355 g/mol. The van der Waals surface area contributed by atoms with Crippen LogP contribution < -0.4 is 11.1 Å². The van der Waals surface area contributed by atoms with E-state index in [1.54, 1.807) is 13.0 Å². The Bertz CT molecular complexity index is 890. The van der Waals surface area contributed by atoms with Crippen molar-refractivity contribution in [3.8, 4) is 6.07 Å². The Morgan fingerprint density at radius 1 is 1.46 bits per heavy atom. The van der Waals surface area contributed by atoms with Crippen molar-refractivity contribution in [3.63, 3.8) is 0 Å². The van der Waals surface area contributed by atoms with Crippen LogP contribution in [-0.2, 0) is 11.2 Å². The first kappa shape index (κ1) is 18.9. The normalized spacial score (nSPS) is 10.9. The zero-order valence-electron chi connectivity index (χ0n) is 14.4. The van der Waals surface area contributed by atoms with E-state index in [-0.39, 0.29) is 24.7 Å². The summed E-state index contributed by atoms with van der Waals surface area (Å²) in [6, 6.07) is 7.81. The SMILES string of the molecule is C/N=C(/N)OCCc1cc(NC(=O)c2ncc(C#N)cc2C)ccc1F. The van der Waals surface area contributed by atoms with Gasteiger partial charge >= 0.3 is 0 Å². The number of rotatable bonds is 5. The molecule has 0 saturated heterocycles. The van der Waals surface area contributed by atoms with E-state index in [0.717, 1.165) is 0 Å². The third-order valence-corrected chi connectivity index (χ3v) is 3.57. The van der Waals surface area contributed by atoms with Gasteiger partial charge in [-0.05, 0) is 42.3 Å². The van der Waals surface area contributed by atoms with E-state index < -0.39 is 11.7 Å². The molecule has 134 valence electrons. The number of pyridine rings is 1. The van der Waals surface area contributed by atoms with E-state index in [1.165, 1.54) is 31.4 Å². The summed E-state index contributed by atoms with van der Waals surface area (Å²) in [7, 11) is 1.49. The molecule has 1 aromatic heterocycles. The molecule has 1 amide bonds. The Labute approximate surface area is 150 Å². The third-order valence-electron chi connectivity index (χ3n) is 3.57. The topological polar surface area (TPSA) is 113 Å². The van der Waals surface area contributed by atoms with Crippen molar-refractivity contribution < 1.29 is 13.9 Å². The molecule has 0 radical (unpaired) electrons. The monoisotopic (exact) mass is 355 g/mol. The summed E-state index contributed by atoms with van der Waals surface area (Å²) in [5.74, 6) is -0.852. The molecule has 0 fully saturated rings. The van der Waals surface area contributed by atoms with Crippen LogP contribution in [0.4, 0.5) is 10.1 Å². The van der Waals surface area contributed by atoms with Crippen molar-refractivity contribution in [1.82, 2.24) is 4.98 Å². The van der Waals surface area contributed by atoms with Crippen molar-refractivity contribution in [2.45, 2.75) is 13.3 Å². The van der Waals surface area contributed by atoms with E-state index in [0.29, 0.717) is 22.4 Å². The van der Waals surface area contributed by atoms with Crippen molar-refractivity contribution >= 4 is 17.6 Å². The van der Waals surface area contributed by atoms with Crippen LogP contribution in [0.3, 0.4) is 0 Å². The van der Waals surface area contributed by atoms with Crippen molar-refractivity contribution in [1.29, 1.82) is 5.26 Å². The van der Waals surface area contributed by atoms with Crippen LogP contribution in [0.2, 0.25) is 0 Å². The van der Waals surface area contributed by atoms with Crippen molar-refractivity contribution in [2.75, 3.05) is 19.0 Å². The van der Waals surface area contributed by atoms with Gasteiger partial charge in [0.2, 0.25) is 0 Å². The maximum absolute atomic E-state index is 13.9. The summed E-state index contributed by atoms with van der Waals surface area (Å²) in [4.78, 5) is 20.0. The molecule has 3 N–H and O–H groups in total. The van der Waals surface area contributed by atoms with Gasteiger partial charge in [0, 0.05) is 25.4 Å². The van der Waals surface area contributed by atoms with Crippen molar-refractivity contribution in [3.05, 3.63) is 58.7 Å². The molecule has 8 heteroatoms. The van der Waals surface area contributed by atoms with Crippen LogP contribution in [0.25, 0.3) is 0 Å². The minimum absolute atomic E-state index is 0.0252. The number of benzene rings is 1. The fraction of sp³-hybridized carbons (Fsp3) is 0.222. The Balaban J connectivity index is 2.11. The number of carbonyl (C=O) groups excluding carboxylic acids is 1. The van der Waals surface area contributed by atoms with Gasteiger partial charge in [-0.3, -0.25) is 4.79 Å². The lowest BCUT2D eigenvalue weighted by atomic mass is 10.1. The maximum atomic E-state index is 13.9. The van der Waals surface area contributed by atoms with E-state index in [4.69, 9.17) is 15.7 Å². The molecule has 1 aromatic carbocycles. The molecule has 1 heterocycles. The van der Waals surface area contributed by atoms with Crippen LogP contribution in [0.1, 0.15) is 27.2 Å². The number of aromatic nitrogens is 1. The maximum Gasteiger partial charge on any atom is 0.281 e. The summed E-state index contributed by atoms with van der Waals surface area (Å²) in [6.07, 6.45) is 1.59. The first-order valence-electron chi connectivity index (χ1n) is 7.76. The fourth-order valence-corrected chi connectivity index (χ4v) is 2.24. The van der Waals surface area contributed by atoms with Gasteiger partial charge in [-0.15, -0.1) is 0 Å². The number of halogens is 1. The van der Waals surface area contributed by atoms with Gasteiger partial charge in [0.15, 0.2) is 0 Å². The molecule has 0 atom stereocenters. The number of nitrogens with two attached hydrogens (primary N) is 1. The molecular formula is C18H18FN5O2. The zero-order valence-corrected chi connectivity index (χ0v) is 14.4. The number of amides is 1. The highest BCUT2D eigenvalue weighted by Crippen LogP contribution is 2.17. The van der Waals surface area contributed by atoms with E-state index >= 15 is 0 Å². The molecule has 0 bridgehead atoms. The fourth-order valence-electron chi connectivity index (χ4n) is 2.24. The Morgan fingerprint density at radius 2 is 2.23 bits per heavy atom. The van der Waals surface area contributed by atoms with Gasteiger partial charge in [-0.2, -0.15) is 5.26 Å². The number of nitriles is 1. The summed E-state index contributed by atoms with van der Waals surface area (Å²) >= 11 is 0. The number of ether oxygens (including phenoxy) is 1. The van der Waals surface area contributed by atoms with Gasteiger partial charge in [0.1, 0.15) is 17.6 Å². The number of nitrogens with zero attached hydrogens (tertiary/aromatic N) is 3. The number of carbonyl (C=O) groups is 1. The van der Waals surface area contributed by atoms with Gasteiger partial charge in [0.05, 0.1) is 12.2 Å². The lowest BCUT2D eigenvalue weighted by Gasteiger charge is -2.10. The van der Waals surface area contributed by atoms with Gasteiger partial charge in [0.25, 0.3) is 11.9 Å². The Hall–Kier alpha value is -3.47. The minimum Gasteiger partial charge on any atom is -0.465 e.